The molecule has 0 bridgehead atoms. The maximum Gasteiger partial charge on any atom is 0.251 e. The predicted molar refractivity (Wildman–Crippen MR) is 85.0 cm³/mol. The van der Waals surface area contributed by atoms with E-state index in [2.05, 4.69) is 10.6 Å². The van der Waals surface area contributed by atoms with Crippen LogP contribution in [0.3, 0.4) is 0 Å². The average molecular weight is 316 g/mol. The van der Waals surface area contributed by atoms with Gasteiger partial charge in [0.15, 0.2) is 11.6 Å². The highest BCUT2D eigenvalue weighted by Gasteiger charge is 2.07. The third kappa shape index (κ3) is 4.81. The van der Waals surface area contributed by atoms with Crippen LogP contribution in [-0.4, -0.2) is 25.5 Å². The molecule has 0 aromatic heterocycles. The Kier molecular flexibility index (Phi) is 5.68. The van der Waals surface area contributed by atoms with Gasteiger partial charge in [-0.1, -0.05) is 12.1 Å². The summed E-state index contributed by atoms with van der Waals surface area (Å²) in [5.74, 6) is -0.789. The fraction of sp³-hybridized carbons (Fsp3) is 0.176. The van der Waals surface area contributed by atoms with Crippen molar-refractivity contribution in [2.24, 2.45) is 0 Å². The summed E-state index contributed by atoms with van der Waals surface area (Å²) >= 11 is 0. The molecule has 2 amide bonds. The Morgan fingerprint density at radius 1 is 1.09 bits per heavy atom. The van der Waals surface area contributed by atoms with E-state index in [4.69, 9.17) is 4.74 Å². The lowest BCUT2D eigenvalue weighted by Gasteiger charge is -2.08. The maximum atomic E-state index is 13.3. The van der Waals surface area contributed by atoms with Crippen molar-refractivity contribution >= 4 is 17.5 Å². The lowest BCUT2D eigenvalue weighted by atomic mass is 10.2. The number of nitrogens with one attached hydrogen (secondary N) is 2. The quantitative estimate of drug-likeness (QED) is 0.861. The van der Waals surface area contributed by atoms with Crippen molar-refractivity contribution in [1.82, 2.24) is 5.32 Å². The van der Waals surface area contributed by atoms with Crippen LogP contribution < -0.4 is 15.4 Å². The molecular formula is C17H17FN2O3. The molecular weight excluding hydrogens is 299 g/mol. The molecule has 0 aliphatic carbocycles. The second-order valence-corrected chi connectivity index (χ2v) is 4.73. The zero-order valence-electron chi connectivity index (χ0n) is 12.6. The Bertz CT molecular complexity index is 686. The van der Waals surface area contributed by atoms with E-state index in [1.165, 1.54) is 12.1 Å². The largest absolute Gasteiger partial charge is 0.490 e. The smallest absolute Gasteiger partial charge is 0.251 e. The van der Waals surface area contributed by atoms with Crippen LogP contribution in [0.5, 0.6) is 5.75 Å². The van der Waals surface area contributed by atoms with E-state index < -0.39 is 5.82 Å². The van der Waals surface area contributed by atoms with Crippen LogP contribution in [0.1, 0.15) is 16.8 Å². The van der Waals surface area contributed by atoms with Crippen LogP contribution in [-0.2, 0) is 4.79 Å². The SMILES string of the molecule is CNC(=O)c1ccc(NC(=O)CCOc2ccccc2F)cc1. The number of carbonyl (C=O) groups excluding carboxylic acids is 2. The number of anilines is 1. The van der Waals surface area contributed by atoms with Gasteiger partial charge < -0.3 is 15.4 Å². The molecule has 6 heteroatoms. The van der Waals surface area contributed by atoms with Gasteiger partial charge in [0.1, 0.15) is 0 Å². The molecule has 2 aromatic rings. The molecule has 0 radical (unpaired) electrons. The van der Waals surface area contributed by atoms with E-state index in [0.717, 1.165) is 0 Å². The summed E-state index contributed by atoms with van der Waals surface area (Å²) in [6, 6.07) is 12.5. The molecule has 0 saturated carbocycles. The van der Waals surface area contributed by atoms with Crippen molar-refractivity contribution < 1.29 is 18.7 Å². The van der Waals surface area contributed by atoms with Crippen molar-refractivity contribution in [2.45, 2.75) is 6.42 Å². The van der Waals surface area contributed by atoms with Gasteiger partial charge in [-0.2, -0.15) is 0 Å². The number of amides is 2. The summed E-state index contributed by atoms with van der Waals surface area (Å²) in [5.41, 5.74) is 1.09. The normalized spacial score (nSPS) is 10.0. The van der Waals surface area contributed by atoms with Crippen molar-refractivity contribution in [3.8, 4) is 5.75 Å². The summed E-state index contributed by atoms with van der Waals surface area (Å²) in [5, 5.41) is 5.20. The summed E-state index contributed by atoms with van der Waals surface area (Å²) in [4.78, 5) is 23.2. The Labute approximate surface area is 133 Å². The Hall–Kier alpha value is -2.89. The molecule has 2 aromatic carbocycles. The molecule has 0 spiro atoms. The molecule has 0 heterocycles. The second kappa shape index (κ2) is 7.93. The highest BCUT2D eigenvalue weighted by atomic mass is 19.1. The molecule has 0 atom stereocenters. The molecule has 0 saturated heterocycles. The molecule has 23 heavy (non-hydrogen) atoms. The summed E-state index contributed by atoms with van der Waals surface area (Å²) in [7, 11) is 1.55. The van der Waals surface area contributed by atoms with E-state index in [1.807, 2.05) is 0 Å². The van der Waals surface area contributed by atoms with Crippen LogP contribution in [0.25, 0.3) is 0 Å². The minimum atomic E-state index is -0.460. The maximum absolute atomic E-state index is 13.3. The van der Waals surface area contributed by atoms with Gasteiger partial charge in [0.2, 0.25) is 5.91 Å². The van der Waals surface area contributed by atoms with Gasteiger partial charge in [0.05, 0.1) is 13.0 Å². The third-order valence-corrected chi connectivity index (χ3v) is 3.08. The zero-order valence-corrected chi connectivity index (χ0v) is 12.6. The van der Waals surface area contributed by atoms with Crippen LogP contribution in [0.4, 0.5) is 10.1 Å². The molecule has 0 unspecified atom stereocenters. The number of hydrogen-bond acceptors (Lipinski definition) is 3. The average Bonchev–Trinajstić information content (AvgIpc) is 2.56. The Morgan fingerprint density at radius 2 is 1.78 bits per heavy atom. The van der Waals surface area contributed by atoms with Gasteiger partial charge in [-0.3, -0.25) is 9.59 Å². The standard InChI is InChI=1S/C17H17FN2O3/c1-19-17(22)12-6-8-13(9-7-12)20-16(21)10-11-23-15-5-3-2-4-14(15)18/h2-9H,10-11H2,1H3,(H,19,22)(H,20,21). The van der Waals surface area contributed by atoms with Crippen LogP contribution >= 0.6 is 0 Å². The first-order valence-corrected chi connectivity index (χ1v) is 7.09. The van der Waals surface area contributed by atoms with Crippen LogP contribution in [0.2, 0.25) is 0 Å². The highest BCUT2D eigenvalue weighted by Crippen LogP contribution is 2.15. The molecule has 0 fully saturated rings. The third-order valence-electron chi connectivity index (χ3n) is 3.08. The summed E-state index contributed by atoms with van der Waals surface area (Å²) < 4.78 is 18.6. The fourth-order valence-corrected chi connectivity index (χ4v) is 1.89. The lowest BCUT2D eigenvalue weighted by molar-refractivity contribution is -0.116. The summed E-state index contributed by atoms with van der Waals surface area (Å²) in [6.07, 6.45) is 0.0888. The second-order valence-electron chi connectivity index (χ2n) is 4.73. The van der Waals surface area contributed by atoms with Gasteiger partial charge in [-0.25, -0.2) is 4.39 Å². The topological polar surface area (TPSA) is 67.4 Å². The number of rotatable bonds is 6. The van der Waals surface area contributed by atoms with Crippen molar-refractivity contribution in [3.63, 3.8) is 0 Å². The number of ether oxygens (including phenoxy) is 1. The highest BCUT2D eigenvalue weighted by molar-refractivity contribution is 5.95. The Balaban J connectivity index is 1.81. The molecule has 0 aliphatic rings. The molecule has 120 valence electrons. The van der Waals surface area contributed by atoms with Crippen molar-refractivity contribution in [1.29, 1.82) is 0 Å². The van der Waals surface area contributed by atoms with Gasteiger partial charge in [0.25, 0.3) is 5.91 Å². The number of benzene rings is 2. The van der Waals surface area contributed by atoms with Crippen molar-refractivity contribution in [2.75, 3.05) is 19.0 Å². The summed E-state index contributed by atoms with van der Waals surface area (Å²) in [6.45, 7) is 0.0725. The molecule has 2 rings (SSSR count). The van der Waals surface area contributed by atoms with E-state index in [9.17, 15) is 14.0 Å². The molecule has 0 aliphatic heterocycles. The Morgan fingerprint density at radius 3 is 2.43 bits per heavy atom. The number of para-hydroxylation sites is 1. The van der Waals surface area contributed by atoms with E-state index in [1.54, 1.807) is 43.4 Å². The first-order valence-electron chi connectivity index (χ1n) is 7.09. The first-order chi connectivity index (χ1) is 11.1. The van der Waals surface area contributed by atoms with E-state index >= 15 is 0 Å². The number of hydrogen-bond donors (Lipinski definition) is 2. The zero-order chi connectivity index (χ0) is 16.7. The monoisotopic (exact) mass is 316 g/mol. The van der Waals surface area contributed by atoms with Gasteiger partial charge in [-0.05, 0) is 36.4 Å². The van der Waals surface area contributed by atoms with Crippen molar-refractivity contribution in [3.05, 3.63) is 59.9 Å². The number of carbonyl (C=O) groups is 2. The van der Waals surface area contributed by atoms with Crippen LogP contribution in [0, 0.1) is 5.82 Å². The number of halogens is 1. The minimum absolute atomic E-state index is 0.0725. The minimum Gasteiger partial charge on any atom is -0.490 e. The fourth-order valence-electron chi connectivity index (χ4n) is 1.89. The lowest BCUT2D eigenvalue weighted by Crippen LogP contribution is -2.18. The first kappa shape index (κ1) is 16.5. The van der Waals surface area contributed by atoms with Crippen LogP contribution in [0.15, 0.2) is 48.5 Å². The van der Waals surface area contributed by atoms with Gasteiger partial charge in [-0.15, -0.1) is 0 Å². The molecule has 2 N–H and O–H groups in total. The van der Waals surface area contributed by atoms with Gasteiger partial charge in [0, 0.05) is 18.3 Å². The molecule has 5 nitrogen and oxygen atoms in total. The van der Waals surface area contributed by atoms with E-state index in [0.29, 0.717) is 11.3 Å². The van der Waals surface area contributed by atoms with E-state index in [-0.39, 0.29) is 30.6 Å². The predicted octanol–water partition coefficient (Wildman–Crippen LogP) is 2.59. The van der Waals surface area contributed by atoms with Gasteiger partial charge >= 0.3 is 0 Å².